The van der Waals surface area contributed by atoms with E-state index >= 15 is 0 Å². The number of rotatable bonds is 3. The van der Waals surface area contributed by atoms with Gasteiger partial charge in [-0.2, -0.15) is 4.37 Å². The average Bonchev–Trinajstić information content (AvgIpc) is 2.77. The molecule has 0 aromatic carbocycles. The molecule has 1 N–H and O–H groups in total. The molecule has 1 aliphatic carbocycles. The monoisotopic (exact) mass is 267 g/mol. The summed E-state index contributed by atoms with van der Waals surface area (Å²) in [6.45, 7) is 9.89. The zero-order valence-corrected chi connectivity index (χ0v) is 12.8. The standard InChI is InChI=1S/C14H25N3S/c1-10-5-7-11(8-6-10)9-15-13-16-12(17-18-13)14(2,3)4/h10-11H,5-9H2,1-4H3,(H,15,16,17). The Hall–Kier alpha value is -0.640. The minimum atomic E-state index is 0.0523. The Labute approximate surface area is 115 Å². The van der Waals surface area contributed by atoms with Crippen molar-refractivity contribution in [1.29, 1.82) is 0 Å². The van der Waals surface area contributed by atoms with Gasteiger partial charge in [0.15, 0.2) is 0 Å². The maximum absolute atomic E-state index is 4.58. The van der Waals surface area contributed by atoms with Crippen LogP contribution in [0.15, 0.2) is 0 Å². The van der Waals surface area contributed by atoms with E-state index in [0.29, 0.717) is 0 Å². The lowest BCUT2D eigenvalue weighted by Gasteiger charge is -2.26. The molecule has 18 heavy (non-hydrogen) atoms. The number of aromatic nitrogens is 2. The van der Waals surface area contributed by atoms with Gasteiger partial charge in [-0.15, -0.1) is 0 Å². The molecule has 0 bridgehead atoms. The summed E-state index contributed by atoms with van der Waals surface area (Å²) in [4.78, 5) is 4.58. The van der Waals surface area contributed by atoms with Crippen molar-refractivity contribution in [2.45, 2.75) is 58.8 Å². The van der Waals surface area contributed by atoms with Crippen molar-refractivity contribution in [3.05, 3.63) is 5.82 Å². The van der Waals surface area contributed by atoms with Gasteiger partial charge < -0.3 is 5.32 Å². The Morgan fingerprint density at radius 1 is 1.22 bits per heavy atom. The van der Waals surface area contributed by atoms with Crippen molar-refractivity contribution in [3.63, 3.8) is 0 Å². The number of hydrogen-bond acceptors (Lipinski definition) is 4. The first kappa shape index (κ1) is 13.8. The van der Waals surface area contributed by atoms with E-state index < -0.39 is 0 Å². The molecule has 1 aromatic rings. The third kappa shape index (κ3) is 3.67. The smallest absolute Gasteiger partial charge is 0.202 e. The highest BCUT2D eigenvalue weighted by atomic mass is 32.1. The van der Waals surface area contributed by atoms with Gasteiger partial charge in [0, 0.05) is 23.5 Å². The molecule has 0 spiro atoms. The molecule has 0 unspecified atom stereocenters. The lowest BCUT2D eigenvalue weighted by atomic mass is 9.83. The third-order valence-corrected chi connectivity index (χ3v) is 4.45. The average molecular weight is 267 g/mol. The van der Waals surface area contributed by atoms with Crippen molar-refractivity contribution in [2.24, 2.45) is 11.8 Å². The van der Waals surface area contributed by atoms with Crippen LogP contribution in [0, 0.1) is 11.8 Å². The largest absolute Gasteiger partial charge is 0.360 e. The molecule has 0 saturated heterocycles. The van der Waals surface area contributed by atoms with Crippen molar-refractivity contribution in [2.75, 3.05) is 11.9 Å². The van der Waals surface area contributed by atoms with Crippen LogP contribution in [-0.2, 0) is 5.41 Å². The Balaban J connectivity index is 1.82. The van der Waals surface area contributed by atoms with Crippen LogP contribution in [0.4, 0.5) is 5.13 Å². The summed E-state index contributed by atoms with van der Waals surface area (Å²) in [5, 5.41) is 4.45. The first-order chi connectivity index (χ1) is 8.45. The number of hydrogen-bond donors (Lipinski definition) is 1. The SMILES string of the molecule is CC1CCC(CNc2nc(C(C)(C)C)ns2)CC1. The Morgan fingerprint density at radius 2 is 1.89 bits per heavy atom. The molecule has 102 valence electrons. The van der Waals surface area contributed by atoms with Crippen molar-refractivity contribution in [3.8, 4) is 0 Å². The Bertz CT molecular complexity index is 373. The quantitative estimate of drug-likeness (QED) is 0.897. The van der Waals surface area contributed by atoms with Crippen molar-refractivity contribution in [1.82, 2.24) is 9.36 Å². The molecule has 0 aliphatic heterocycles. The van der Waals surface area contributed by atoms with Gasteiger partial charge in [0.1, 0.15) is 5.82 Å². The van der Waals surface area contributed by atoms with Gasteiger partial charge in [-0.1, -0.05) is 40.5 Å². The summed E-state index contributed by atoms with van der Waals surface area (Å²) in [7, 11) is 0. The van der Waals surface area contributed by atoms with Gasteiger partial charge in [-0.25, -0.2) is 4.98 Å². The van der Waals surface area contributed by atoms with E-state index in [4.69, 9.17) is 0 Å². The van der Waals surface area contributed by atoms with Gasteiger partial charge >= 0.3 is 0 Å². The zero-order valence-electron chi connectivity index (χ0n) is 12.0. The maximum Gasteiger partial charge on any atom is 0.202 e. The molecule has 0 atom stereocenters. The lowest BCUT2D eigenvalue weighted by molar-refractivity contribution is 0.300. The van der Waals surface area contributed by atoms with E-state index in [9.17, 15) is 0 Å². The summed E-state index contributed by atoms with van der Waals surface area (Å²) in [6.07, 6.45) is 5.49. The van der Waals surface area contributed by atoms with Crippen LogP contribution in [-0.4, -0.2) is 15.9 Å². The fourth-order valence-electron chi connectivity index (χ4n) is 2.36. The van der Waals surface area contributed by atoms with Crippen LogP contribution >= 0.6 is 11.5 Å². The van der Waals surface area contributed by atoms with E-state index in [2.05, 4.69) is 42.4 Å². The van der Waals surface area contributed by atoms with Crippen LogP contribution < -0.4 is 5.32 Å². The first-order valence-electron chi connectivity index (χ1n) is 7.03. The maximum atomic E-state index is 4.58. The summed E-state index contributed by atoms with van der Waals surface area (Å²) < 4.78 is 4.43. The fourth-order valence-corrected chi connectivity index (χ4v) is 3.13. The van der Waals surface area contributed by atoms with E-state index in [-0.39, 0.29) is 5.41 Å². The molecule has 4 heteroatoms. The topological polar surface area (TPSA) is 37.8 Å². The molecular formula is C14H25N3S. The van der Waals surface area contributed by atoms with Crippen LogP contribution in [0.2, 0.25) is 0 Å². The van der Waals surface area contributed by atoms with Crippen LogP contribution in [0.3, 0.4) is 0 Å². The predicted molar refractivity (Wildman–Crippen MR) is 78.2 cm³/mol. The Morgan fingerprint density at radius 3 is 2.44 bits per heavy atom. The van der Waals surface area contributed by atoms with Crippen molar-refractivity contribution < 1.29 is 0 Å². The summed E-state index contributed by atoms with van der Waals surface area (Å²) in [5.41, 5.74) is 0.0523. The first-order valence-corrected chi connectivity index (χ1v) is 7.80. The van der Waals surface area contributed by atoms with Gasteiger partial charge in [0.2, 0.25) is 5.13 Å². The molecule has 0 radical (unpaired) electrons. The number of anilines is 1. The molecule has 3 nitrogen and oxygen atoms in total. The van der Waals surface area contributed by atoms with Crippen molar-refractivity contribution >= 4 is 16.7 Å². The minimum absolute atomic E-state index is 0.0523. The van der Waals surface area contributed by atoms with E-state index in [1.54, 1.807) is 0 Å². The molecular weight excluding hydrogens is 242 g/mol. The number of nitrogens with zero attached hydrogens (tertiary/aromatic N) is 2. The second kappa shape index (κ2) is 5.55. The van der Waals surface area contributed by atoms with Crippen LogP contribution in [0.25, 0.3) is 0 Å². The van der Waals surface area contributed by atoms with Crippen LogP contribution in [0.1, 0.15) is 59.2 Å². The number of nitrogens with one attached hydrogen (secondary N) is 1. The molecule has 1 aliphatic rings. The lowest BCUT2D eigenvalue weighted by Crippen LogP contribution is -2.20. The molecule has 1 fully saturated rings. The van der Waals surface area contributed by atoms with E-state index in [1.165, 1.54) is 37.2 Å². The predicted octanol–water partition coefficient (Wildman–Crippen LogP) is 4.07. The van der Waals surface area contributed by atoms with E-state index in [1.807, 2.05) is 0 Å². The highest BCUT2D eigenvalue weighted by molar-refractivity contribution is 7.09. The summed E-state index contributed by atoms with van der Waals surface area (Å²) in [5.74, 6) is 2.70. The molecule has 1 saturated carbocycles. The second-order valence-electron chi connectivity index (χ2n) is 6.68. The molecule has 1 aromatic heterocycles. The highest BCUT2D eigenvalue weighted by Gasteiger charge is 2.21. The normalized spacial score (nSPS) is 25.1. The minimum Gasteiger partial charge on any atom is -0.360 e. The third-order valence-electron chi connectivity index (χ3n) is 3.77. The van der Waals surface area contributed by atoms with Gasteiger partial charge in [-0.3, -0.25) is 0 Å². The van der Waals surface area contributed by atoms with Gasteiger partial charge in [0.25, 0.3) is 0 Å². The fraction of sp³-hybridized carbons (Fsp3) is 0.857. The highest BCUT2D eigenvalue weighted by Crippen LogP contribution is 2.29. The van der Waals surface area contributed by atoms with E-state index in [0.717, 1.165) is 29.3 Å². The summed E-state index contributed by atoms with van der Waals surface area (Å²) >= 11 is 1.49. The Kier molecular flexibility index (Phi) is 4.25. The molecule has 2 rings (SSSR count). The molecule has 0 amide bonds. The van der Waals surface area contributed by atoms with Gasteiger partial charge in [-0.05, 0) is 24.7 Å². The van der Waals surface area contributed by atoms with Crippen LogP contribution in [0.5, 0.6) is 0 Å². The zero-order chi connectivity index (χ0) is 13.2. The second-order valence-corrected chi connectivity index (χ2v) is 7.43. The molecule has 1 heterocycles. The summed E-state index contributed by atoms with van der Waals surface area (Å²) in [6, 6.07) is 0. The van der Waals surface area contributed by atoms with Gasteiger partial charge in [0.05, 0.1) is 0 Å².